The normalized spacial score (nSPS) is 34.3. The Morgan fingerprint density at radius 3 is 0.845 bits per heavy atom. The number of carbonyl (C=O) groups excluding carboxylic acids is 8. The molecule has 8 rings (SSSR count). The molecule has 0 aromatic heterocycles. The minimum Gasteiger partial charge on any atom is -0.424 e. The summed E-state index contributed by atoms with van der Waals surface area (Å²) < 4.78 is 303. The topological polar surface area (TPSA) is 284 Å². The van der Waals surface area contributed by atoms with Gasteiger partial charge in [-0.3, -0.25) is 0 Å². The molecular formula is C38H38Cl2F20O24. The lowest BCUT2D eigenvalue weighted by Crippen LogP contribution is -2.45. The van der Waals surface area contributed by atoms with Crippen molar-refractivity contribution in [3.63, 3.8) is 0 Å². The van der Waals surface area contributed by atoms with Gasteiger partial charge in [0, 0.05) is 20.8 Å². The summed E-state index contributed by atoms with van der Waals surface area (Å²) >= 11 is 11.3. The number of carbonyl (C=O) groups is 8. The lowest BCUT2D eigenvalue weighted by atomic mass is 10.2. The largest absolute Gasteiger partial charge is 0.513 e. The molecule has 0 bridgehead atoms. The highest BCUT2D eigenvalue weighted by molar-refractivity contribution is 6.34. The molecule has 46 heteroatoms. The highest BCUT2D eigenvalue weighted by Crippen LogP contribution is 2.44. The summed E-state index contributed by atoms with van der Waals surface area (Å²) in [6, 6.07) is 0. The van der Waals surface area contributed by atoms with Gasteiger partial charge in [-0.25, -0.2) is 47.1 Å². The van der Waals surface area contributed by atoms with Crippen molar-refractivity contribution in [2.75, 3.05) is 0 Å². The fraction of sp³-hybridized carbons (Fsp3) is 0.789. The van der Waals surface area contributed by atoms with Crippen LogP contribution in [0.3, 0.4) is 0 Å². The summed E-state index contributed by atoms with van der Waals surface area (Å²) in [7, 11) is 0. The van der Waals surface area contributed by atoms with Gasteiger partial charge in [0.25, 0.3) is 36.2 Å². The van der Waals surface area contributed by atoms with Crippen molar-refractivity contribution in [3.8, 4) is 0 Å². The van der Waals surface area contributed by atoms with Gasteiger partial charge in [0.15, 0.2) is 12.2 Å². The number of halogens is 22. The van der Waals surface area contributed by atoms with Gasteiger partial charge in [-0.05, 0) is 41.0 Å². The second-order valence-electron chi connectivity index (χ2n) is 16.7. The van der Waals surface area contributed by atoms with Crippen LogP contribution in [0.4, 0.5) is 126 Å². The minimum atomic E-state index is -5.30. The molecule has 488 valence electrons. The highest BCUT2D eigenvalue weighted by Gasteiger charge is 2.65. The Labute approximate surface area is 462 Å². The van der Waals surface area contributed by atoms with Crippen molar-refractivity contribution in [2.45, 2.75) is 189 Å². The summed E-state index contributed by atoms with van der Waals surface area (Å²) in [5, 5.41) is -2.54. The van der Waals surface area contributed by atoms with E-state index in [1.54, 1.807) is 0 Å². The standard InChI is InChI=1S/C5H6Cl2O3.C5H2F6O3.C5H4F4O3.C5H6F2O3.2C5H7FO3.C4H2F4O3.C4H4F2O3/c1-4(6)5(2,7)10-3(8)9-4;6-4(7,8)1-2(5(9,10)11)14-3(12)13-1;1-4(6,7)2-5(8,9)12-3(10)11-2;1-2-3-5(6,7)10-4(8)9-3;2*1-3-5(2,6)9-4(7)8-3;5-2-1(4(6,7)8)10-3(9)11-2;1-2-4(5,6)9-3(7)8-2/h1-2H3;1-2H;2H,1H3;3H,2H2,1H3;2*3H,1-2H3;1-2H;2H,1H3. The summed E-state index contributed by atoms with van der Waals surface area (Å²) in [6.45, 7) is 10.9. The molecule has 8 aliphatic heterocycles. The molecule has 84 heavy (non-hydrogen) atoms. The predicted molar refractivity (Wildman–Crippen MR) is 214 cm³/mol. The Kier molecular flexibility index (Phi) is 24.0. The van der Waals surface area contributed by atoms with Gasteiger partial charge < -0.3 is 75.8 Å². The average molecular weight is 1330 g/mol. The Bertz CT molecular complexity index is 2230. The SMILES string of the molecule is CC(F)(F)C1OC(=O)OC1(F)F.CC1(Cl)OC(=O)OC1(C)Cl.CC1OC(=O)OC1(C)F.CC1OC(=O)OC1(C)F.CC1OC(=O)OC1(F)F.CCC1OC(=O)OC1(F)F.O=C1OC(C(F)(F)F)C(C(F)(F)F)O1.O=C1OC(F)C(C(F)(F)F)O1. The van der Waals surface area contributed by atoms with Crippen molar-refractivity contribution in [1.29, 1.82) is 0 Å². The number of ether oxygens (including phenoxy) is 16. The Balaban J connectivity index is 0.000000482. The highest BCUT2D eigenvalue weighted by atomic mass is 35.5. The van der Waals surface area contributed by atoms with Crippen molar-refractivity contribution >= 4 is 72.4 Å². The maximum Gasteiger partial charge on any atom is 0.513 e. The molecule has 0 amide bonds. The van der Waals surface area contributed by atoms with E-state index in [1.165, 1.54) is 34.6 Å². The second kappa shape index (κ2) is 26.7. The van der Waals surface area contributed by atoms with Gasteiger partial charge >= 0.3 is 86.1 Å². The lowest BCUT2D eigenvalue weighted by Gasteiger charge is -2.22. The Morgan fingerprint density at radius 1 is 0.393 bits per heavy atom. The van der Waals surface area contributed by atoms with Gasteiger partial charge in [0.05, 0.1) is 0 Å². The van der Waals surface area contributed by atoms with Crippen LogP contribution < -0.4 is 0 Å². The molecular weight excluding hydrogens is 1290 g/mol. The number of rotatable bonds is 2. The van der Waals surface area contributed by atoms with Crippen LogP contribution in [0, 0.1) is 0 Å². The predicted octanol–water partition coefficient (Wildman–Crippen LogP) is 12.3. The van der Waals surface area contributed by atoms with E-state index < -0.39 is 169 Å². The molecule has 0 spiro atoms. The van der Waals surface area contributed by atoms with Crippen LogP contribution in [0.1, 0.15) is 68.7 Å². The van der Waals surface area contributed by atoms with Crippen molar-refractivity contribution in [1.82, 2.24) is 0 Å². The van der Waals surface area contributed by atoms with Crippen molar-refractivity contribution in [3.05, 3.63) is 0 Å². The monoisotopic (exact) mass is 1330 g/mol. The first-order chi connectivity index (χ1) is 37.2. The van der Waals surface area contributed by atoms with E-state index in [9.17, 15) is 126 Å². The first kappa shape index (κ1) is 75.4. The second-order valence-corrected chi connectivity index (χ2v) is 18.1. The van der Waals surface area contributed by atoms with Crippen LogP contribution in [0.25, 0.3) is 0 Å². The zero-order valence-corrected chi connectivity index (χ0v) is 44.0. The molecule has 8 aliphatic rings. The van der Waals surface area contributed by atoms with Crippen LogP contribution in [-0.2, 0) is 75.8 Å². The van der Waals surface area contributed by atoms with E-state index in [1.807, 2.05) is 0 Å². The molecule has 0 saturated carbocycles. The molecule has 8 fully saturated rings. The molecule has 13 unspecified atom stereocenters. The van der Waals surface area contributed by atoms with Crippen LogP contribution >= 0.6 is 23.2 Å². The summed E-state index contributed by atoms with van der Waals surface area (Å²) in [6.07, 6.45) is -56.7. The first-order valence-corrected chi connectivity index (χ1v) is 22.3. The summed E-state index contributed by atoms with van der Waals surface area (Å²) in [4.78, 5) is 81.0. The summed E-state index contributed by atoms with van der Waals surface area (Å²) in [5.41, 5.74) is 0. The van der Waals surface area contributed by atoms with Gasteiger partial charge in [-0.15, -0.1) is 0 Å². The first-order valence-electron chi connectivity index (χ1n) is 21.5. The maximum atomic E-state index is 12.7. The van der Waals surface area contributed by atoms with Gasteiger partial charge in [-0.1, -0.05) is 30.1 Å². The zero-order chi connectivity index (χ0) is 66.3. The van der Waals surface area contributed by atoms with Gasteiger partial charge in [0.2, 0.25) is 34.5 Å². The van der Waals surface area contributed by atoms with Crippen LogP contribution in [0.5, 0.6) is 0 Å². The van der Waals surface area contributed by atoms with E-state index in [0.29, 0.717) is 0 Å². The smallest absolute Gasteiger partial charge is 0.424 e. The summed E-state index contributed by atoms with van der Waals surface area (Å²) in [5.74, 6) is -7.72. The number of cyclic esters (lactones) is 16. The van der Waals surface area contributed by atoms with Gasteiger partial charge in [0.1, 0.15) is 0 Å². The molecule has 0 aromatic rings. The van der Waals surface area contributed by atoms with Crippen molar-refractivity contribution < 1.29 is 202 Å². The molecule has 0 aromatic carbocycles. The van der Waals surface area contributed by atoms with E-state index in [2.05, 4.69) is 75.8 Å². The third kappa shape index (κ3) is 22.1. The van der Waals surface area contributed by atoms with E-state index in [4.69, 9.17) is 23.2 Å². The average Bonchev–Trinajstić information content (AvgIpc) is 4.12. The molecule has 8 saturated heterocycles. The van der Waals surface area contributed by atoms with E-state index in [0.717, 1.165) is 20.8 Å². The van der Waals surface area contributed by atoms with Crippen molar-refractivity contribution in [2.24, 2.45) is 0 Å². The maximum absolute atomic E-state index is 12.7. The number of hydrogen-bond acceptors (Lipinski definition) is 24. The van der Waals surface area contributed by atoms with Gasteiger partial charge in [-0.2, -0.15) is 79.0 Å². The lowest BCUT2D eigenvalue weighted by molar-refractivity contribution is -0.260. The minimum absolute atomic E-state index is 0.0543. The Morgan fingerprint density at radius 2 is 0.702 bits per heavy atom. The fourth-order valence-corrected chi connectivity index (χ4v) is 5.04. The molecule has 0 N–H and O–H groups in total. The number of alkyl halides is 22. The van der Waals surface area contributed by atoms with Crippen LogP contribution in [0.2, 0.25) is 0 Å². The molecule has 13 atom stereocenters. The van der Waals surface area contributed by atoms with E-state index >= 15 is 0 Å². The number of hydrogen-bond donors (Lipinski definition) is 0. The fourth-order valence-electron chi connectivity index (χ4n) is 4.83. The van der Waals surface area contributed by atoms with Crippen LogP contribution in [0.15, 0.2) is 0 Å². The molecule has 0 radical (unpaired) electrons. The third-order valence-electron chi connectivity index (χ3n) is 9.64. The molecule has 24 nitrogen and oxygen atoms in total. The quantitative estimate of drug-likeness (QED) is 0.107. The third-order valence-corrected chi connectivity index (χ3v) is 10.6. The zero-order valence-electron chi connectivity index (χ0n) is 42.5. The Hall–Kier alpha value is -6.66. The molecule has 8 heterocycles. The molecule has 0 aliphatic carbocycles. The van der Waals surface area contributed by atoms with E-state index in [-0.39, 0.29) is 13.3 Å². The van der Waals surface area contributed by atoms with Crippen LogP contribution in [-0.4, -0.2) is 169 Å².